The molecule has 3 aromatic rings. The standard InChI is InChI=1S/C30H36N2O4/c1-5-23(3)31-30(34)28(19-24-12-7-6-8-13-24)32(20-25-14-10-9-11-22(25)2)29(33)21-36-27-17-15-26(35-4)16-18-27/h6-18,23,28H,5,19-21H2,1-4H3,(H,31,34)/t23-,28-/m0/s1. The minimum atomic E-state index is -0.687. The van der Waals surface area contributed by atoms with E-state index in [-0.39, 0.29) is 24.5 Å². The highest BCUT2D eigenvalue weighted by atomic mass is 16.5. The van der Waals surface area contributed by atoms with Gasteiger partial charge in [0, 0.05) is 19.0 Å². The van der Waals surface area contributed by atoms with Gasteiger partial charge in [-0.3, -0.25) is 9.59 Å². The molecule has 0 spiro atoms. The summed E-state index contributed by atoms with van der Waals surface area (Å²) in [6.45, 7) is 6.13. The zero-order valence-electron chi connectivity index (χ0n) is 21.6. The highest BCUT2D eigenvalue weighted by molar-refractivity contribution is 5.88. The third-order valence-corrected chi connectivity index (χ3v) is 6.30. The summed E-state index contributed by atoms with van der Waals surface area (Å²) in [6.07, 6.45) is 1.21. The molecule has 0 bridgehead atoms. The van der Waals surface area contributed by atoms with Crippen LogP contribution in [0.4, 0.5) is 0 Å². The molecule has 190 valence electrons. The Bertz CT molecular complexity index is 1120. The number of aryl methyl sites for hydroxylation is 1. The van der Waals surface area contributed by atoms with Gasteiger partial charge in [0.15, 0.2) is 6.61 Å². The fourth-order valence-electron chi connectivity index (χ4n) is 3.87. The summed E-state index contributed by atoms with van der Waals surface area (Å²) in [5.41, 5.74) is 3.04. The molecule has 0 unspecified atom stereocenters. The molecule has 0 aliphatic rings. The molecule has 6 heteroatoms. The van der Waals surface area contributed by atoms with Crippen LogP contribution >= 0.6 is 0 Å². The molecule has 2 atom stereocenters. The van der Waals surface area contributed by atoms with Crippen molar-refractivity contribution in [1.29, 1.82) is 0 Å². The maximum atomic E-state index is 13.6. The van der Waals surface area contributed by atoms with Gasteiger partial charge >= 0.3 is 0 Å². The summed E-state index contributed by atoms with van der Waals surface area (Å²) >= 11 is 0. The molecule has 0 aliphatic carbocycles. The number of nitrogens with zero attached hydrogens (tertiary/aromatic N) is 1. The molecule has 1 N–H and O–H groups in total. The second kappa shape index (κ2) is 13.3. The van der Waals surface area contributed by atoms with Gasteiger partial charge in [-0.2, -0.15) is 0 Å². The van der Waals surface area contributed by atoms with Crippen molar-refractivity contribution in [3.8, 4) is 11.5 Å². The van der Waals surface area contributed by atoms with Crippen LogP contribution < -0.4 is 14.8 Å². The first kappa shape index (κ1) is 26.8. The lowest BCUT2D eigenvalue weighted by Crippen LogP contribution is -2.53. The number of ether oxygens (including phenoxy) is 2. The van der Waals surface area contributed by atoms with Crippen molar-refractivity contribution < 1.29 is 19.1 Å². The Morgan fingerprint density at radius 2 is 1.56 bits per heavy atom. The third-order valence-electron chi connectivity index (χ3n) is 6.30. The number of carbonyl (C=O) groups is 2. The fourth-order valence-corrected chi connectivity index (χ4v) is 3.87. The van der Waals surface area contributed by atoms with Crippen LogP contribution in [0.1, 0.15) is 37.0 Å². The minimum absolute atomic E-state index is 0.00161. The number of amides is 2. The number of nitrogens with one attached hydrogen (secondary N) is 1. The minimum Gasteiger partial charge on any atom is -0.497 e. The van der Waals surface area contributed by atoms with E-state index in [9.17, 15) is 9.59 Å². The number of hydrogen-bond acceptors (Lipinski definition) is 4. The van der Waals surface area contributed by atoms with E-state index in [1.807, 2.05) is 75.4 Å². The smallest absolute Gasteiger partial charge is 0.261 e. The summed E-state index contributed by atoms with van der Waals surface area (Å²) in [7, 11) is 1.60. The van der Waals surface area contributed by atoms with Crippen LogP contribution in [0.15, 0.2) is 78.9 Å². The molecule has 0 saturated heterocycles. The van der Waals surface area contributed by atoms with Crippen molar-refractivity contribution in [3.05, 3.63) is 95.6 Å². The molecule has 0 radical (unpaired) electrons. The van der Waals surface area contributed by atoms with Gasteiger partial charge in [0.1, 0.15) is 17.5 Å². The van der Waals surface area contributed by atoms with Gasteiger partial charge in [0.2, 0.25) is 5.91 Å². The van der Waals surface area contributed by atoms with E-state index in [2.05, 4.69) is 5.32 Å². The van der Waals surface area contributed by atoms with Crippen LogP contribution in [0.25, 0.3) is 0 Å². The number of hydrogen-bond donors (Lipinski definition) is 1. The average molecular weight is 489 g/mol. The first-order valence-electron chi connectivity index (χ1n) is 12.4. The Morgan fingerprint density at radius 3 is 2.19 bits per heavy atom. The van der Waals surface area contributed by atoms with E-state index in [4.69, 9.17) is 9.47 Å². The molecule has 0 saturated carbocycles. The lowest BCUT2D eigenvalue weighted by molar-refractivity contribution is -0.143. The number of rotatable bonds is 12. The van der Waals surface area contributed by atoms with Gasteiger partial charge in [-0.1, -0.05) is 61.5 Å². The SMILES string of the molecule is CC[C@H](C)NC(=O)[C@H](Cc1ccccc1)N(Cc1ccccc1C)C(=O)COc1ccc(OC)cc1. The van der Waals surface area contributed by atoms with Crippen LogP contribution in [-0.4, -0.2) is 42.5 Å². The maximum absolute atomic E-state index is 13.6. The van der Waals surface area contributed by atoms with Gasteiger partial charge in [0.25, 0.3) is 5.91 Å². The van der Waals surface area contributed by atoms with Gasteiger partial charge in [-0.05, 0) is 61.2 Å². The summed E-state index contributed by atoms with van der Waals surface area (Å²) < 4.78 is 11.0. The zero-order chi connectivity index (χ0) is 25.9. The molecule has 3 rings (SSSR count). The molecule has 0 fully saturated rings. The summed E-state index contributed by atoms with van der Waals surface area (Å²) in [6, 6.07) is 24.1. The summed E-state index contributed by atoms with van der Waals surface area (Å²) in [5.74, 6) is 0.844. The van der Waals surface area contributed by atoms with Gasteiger partial charge < -0.3 is 19.7 Å². The van der Waals surface area contributed by atoms with Gasteiger partial charge in [-0.15, -0.1) is 0 Å². The third kappa shape index (κ3) is 7.60. The van der Waals surface area contributed by atoms with Crippen molar-refractivity contribution in [1.82, 2.24) is 10.2 Å². The van der Waals surface area contributed by atoms with Crippen molar-refractivity contribution in [2.24, 2.45) is 0 Å². The van der Waals surface area contributed by atoms with Crippen molar-refractivity contribution in [3.63, 3.8) is 0 Å². The van der Waals surface area contributed by atoms with Crippen LogP contribution in [0.5, 0.6) is 11.5 Å². The van der Waals surface area contributed by atoms with E-state index in [1.54, 1.807) is 36.3 Å². The topological polar surface area (TPSA) is 67.9 Å². The van der Waals surface area contributed by atoms with Gasteiger partial charge in [0.05, 0.1) is 7.11 Å². The molecule has 3 aromatic carbocycles. The first-order chi connectivity index (χ1) is 17.4. The number of methoxy groups -OCH3 is 1. The quantitative estimate of drug-likeness (QED) is 0.392. The predicted octanol–water partition coefficient (Wildman–Crippen LogP) is 4.94. The van der Waals surface area contributed by atoms with E-state index < -0.39 is 6.04 Å². The van der Waals surface area contributed by atoms with E-state index in [1.165, 1.54) is 0 Å². The Labute approximate surface area is 214 Å². The van der Waals surface area contributed by atoms with Crippen LogP contribution in [0, 0.1) is 6.92 Å². The Morgan fingerprint density at radius 1 is 0.917 bits per heavy atom. The summed E-state index contributed by atoms with van der Waals surface area (Å²) in [5, 5.41) is 3.08. The average Bonchev–Trinajstić information content (AvgIpc) is 2.91. The second-order valence-corrected chi connectivity index (χ2v) is 8.94. The Balaban J connectivity index is 1.90. The monoisotopic (exact) mass is 488 g/mol. The molecular formula is C30H36N2O4. The van der Waals surface area contributed by atoms with Crippen LogP contribution in [-0.2, 0) is 22.6 Å². The molecule has 0 heterocycles. The largest absolute Gasteiger partial charge is 0.497 e. The second-order valence-electron chi connectivity index (χ2n) is 8.94. The fraction of sp³-hybridized carbons (Fsp3) is 0.333. The van der Waals surface area contributed by atoms with E-state index in [0.717, 1.165) is 23.1 Å². The normalized spacial score (nSPS) is 12.3. The van der Waals surface area contributed by atoms with Crippen LogP contribution in [0.3, 0.4) is 0 Å². The molecule has 0 aliphatic heterocycles. The Hall–Kier alpha value is -3.80. The molecule has 0 aromatic heterocycles. The maximum Gasteiger partial charge on any atom is 0.261 e. The predicted molar refractivity (Wildman–Crippen MR) is 142 cm³/mol. The van der Waals surface area contributed by atoms with Crippen molar-refractivity contribution >= 4 is 11.8 Å². The van der Waals surface area contributed by atoms with Crippen molar-refractivity contribution in [2.45, 2.75) is 52.2 Å². The molecule has 2 amide bonds. The number of carbonyl (C=O) groups excluding carboxylic acids is 2. The van der Waals surface area contributed by atoms with Crippen LogP contribution in [0.2, 0.25) is 0 Å². The lowest BCUT2D eigenvalue weighted by atomic mass is 10.0. The highest BCUT2D eigenvalue weighted by Crippen LogP contribution is 2.20. The van der Waals surface area contributed by atoms with E-state index in [0.29, 0.717) is 24.5 Å². The van der Waals surface area contributed by atoms with Crippen molar-refractivity contribution in [2.75, 3.05) is 13.7 Å². The first-order valence-corrected chi connectivity index (χ1v) is 12.4. The van der Waals surface area contributed by atoms with E-state index >= 15 is 0 Å². The molecule has 36 heavy (non-hydrogen) atoms. The van der Waals surface area contributed by atoms with Gasteiger partial charge in [-0.25, -0.2) is 0 Å². The lowest BCUT2D eigenvalue weighted by Gasteiger charge is -2.32. The Kier molecular flexibility index (Phi) is 9.92. The zero-order valence-corrected chi connectivity index (χ0v) is 21.6. The molecule has 6 nitrogen and oxygen atoms in total. The summed E-state index contributed by atoms with van der Waals surface area (Å²) in [4.78, 5) is 28.8. The highest BCUT2D eigenvalue weighted by Gasteiger charge is 2.31. The molecular weight excluding hydrogens is 452 g/mol. The number of benzene rings is 3.